The third-order valence-electron chi connectivity index (χ3n) is 2.98. The molecule has 0 bridgehead atoms. The van der Waals surface area contributed by atoms with Crippen LogP contribution >= 0.6 is 11.3 Å². The van der Waals surface area contributed by atoms with Crippen LogP contribution in [0.1, 0.15) is 37.6 Å². The number of carbonyl (C=O) groups excluding carboxylic acids is 2. The normalized spacial score (nSPS) is 12.0. The Morgan fingerprint density at radius 3 is 2.71 bits per heavy atom. The van der Waals surface area contributed by atoms with Crippen LogP contribution in [0.4, 0.5) is 5.13 Å². The number of rotatable bonds is 6. The second-order valence-electron chi connectivity index (χ2n) is 5.11. The summed E-state index contributed by atoms with van der Waals surface area (Å²) in [7, 11) is -1.15. The van der Waals surface area contributed by atoms with Crippen molar-refractivity contribution in [1.29, 1.82) is 0 Å². The number of esters is 1. The number of nitrogens with one attached hydrogen (secondary N) is 1. The molecule has 0 fully saturated rings. The van der Waals surface area contributed by atoms with E-state index in [1.165, 1.54) is 17.5 Å². The second kappa shape index (κ2) is 8.16. The number of ether oxygens (including phenoxy) is 1. The van der Waals surface area contributed by atoms with Crippen molar-refractivity contribution in [2.75, 3.05) is 5.32 Å². The molecule has 1 aromatic carbocycles. The van der Waals surface area contributed by atoms with Gasteiger partial charge in [0.15, 0.2) is 5.13 Å². The monoisotopic (exact) mass is 366 g/mol. The van der Waals surface area contributed by atoms with Gasteiger partial charge in [0.2, 0.25) is 0 Å². The fourth-order valence-electron chi connectivity index (χ4n) is 1.74. The Morgan fingerprint density at radius 2 is 2.04 bits per heavy atom. The Morgan fingerprint density at radius 1 is 1.33 bits per heavy atom. The van der Waals surface area contributed by atoms with Crippen LogP contribution < -0.4 is 10.1 Å². The van der Waals surface area contributed by atoms with Crippen molar-refractivity contribution in [3.05, 3.63) is 36.0 Å². The molecule has 1 atom stereocenters. The van der Waals surface area contributed by atoms with E-state index in [0.29, 0.717) is 9.34 Å². The van der Waals surface area contributed by atoms with Crippen molar-refractivity contribution in [2.45, 2.75) is 36.7 Å². The summed E-state index contributed by atoms with van der Waals surface area (Å²) in [5.74, 6) is -0.658. The molecule has 2 aromatic rings. The van der Waals surface area contributed by atoms with Gasteiger partial charge in [0.25, 0.3) is 5.91 Å². The van der Waals surface area contributed by atoms with E-state index in [1.807, 2.05) is 13.8 Å². The first-order chi connectivity index (χ1) is 11.4. The molecule has 1 N–H and O–H groups in total. The maximum Gasteiger partial charge on any atom is 0.310 e. The molecule has 128 valence electrons. The minimum absolute atomic E-state index is 0.0248. The summed E-state index contributed by atoms with van der Waals surface area (Å²) in [6.45, 7) is 5.38. The zero-order valence-corrected chi connectivity index (χ0v) is 15.2. The van der Waals surface area contributed by atoms with Gasteiger partial charge in [-0.25, -0.2) is 4.98 Å². The highest BCUT2D eigenvalue weighted by atomic mass is 32.2. The van der Waals surface area contributed by atoms with Crippen LogP contribution in [0, 0.1) is 0 Å². The molecule has 1 aromatic heterocycles. The van der Waals surface area contributed by atoms with E-state index in [9.17, 15) is 13.8 Å². The second-order valence-corrected chi connectivity index (χ2v) is 8.38. The van der Waals surface area contributed by atoms with Gasteiger partial charge >= 0.3 is 5.97 Å². The smallest absolute Gasteiger partial charge is 0.310 e. The van der Waals surface area contributed by atoms with Gasteiger partial charge in [0.1, 0.15) is 9.96 Å². The van der Waals surface area contributed by atoms with Gasteiger partial charge in [-0.1, -0.05) is 44.2 Å². The molecule has 6 nitrogen and oxygen atoms in total. The predicted octanol–water partition coefficient (Wildman–Crippen LogP) is 3.23. The van der Waals surface area contributed by atoms with Crippen LogP contribution in [-0.2, 0) is 15.6 Å². The molecule has 24 heavy (non-hydrogen) atoms. The molecule has 0 aliphatic heterocycles. The first-order valence-corrected chi connectivity index (χ1v) is 9.42. The number of carbonyl (C=O) groups is 2. The maximum atomic E-state index is 12.4. The van der Waals surface area contributed by atoms with Crippen LogP contribution in [0.5, 0.6) is 5.75 Å². The number of para-hydroxylation sites is 1. The Bertz CT molecular complexity index is 771. The Labute approximate surface area is 146 Å². The summed E-state index contributed by atoms with van der Waals surface area (Å²) in [6.07, 6.45) is 1.71. The first kappa shape index (κ1) is 18.3. The molecule has 0 aliphatic carbocycles. The van der Waals surface area contributed by atoms with Crippen LogP contribution in [0.15, 0.2) is 34.7 Å². The van der Waals surface area contributed by atoms with Crippen molar-refractivity contribution >= 4 is 39.1 Å². The molecule has 1 unspecified atom stereocenters. The summed E-state index contributed by atoms with van der Waals surface area (Å²) in [4.78, 5) is 27.9. The van der Waals surface area contributed by atoms with Gasteiger partial charge in [0.05, 0.1) is 22.6 Å². The van der Waals surface area contributed by atoms with E-state index >= 15 is 0 Å². The lowest BCUT2D eigenvalue weighted by Gasteiger charge is -2.08. The minimum atomic E-state index is -1.15. The Kier molecular flexibility index (Phi) is 6.22. The van der Waals surface area contributed by atoms with Crippen molar-refractivity contribution in [3.63, 3.8) is 0 Å². The standard InChI is InChI=1S/C16H18N2O4S2/c1-4-13(19)22-12-8-6-5-7-11(12)15(20)18-16-17-9-14(23-16)24(21)10(2)3/h5-10H,4H2,1-3H3,(H,17,18,20). The van der Waals surface area contributed by atoms with Gasteiger partial charge in [-0.05, 0) is 12.1 Å². The van der Waals surface area contributed by atoms with Gasteiger partial charge < -0.3 is 4.74 Å². The van der Waals surface area contributed by atoms with Gasteiger partial charge in [-0.15, -0.1) is 0 Å². The molecule has 0 aliphatic rings. The summed E-state index contributed by atoms with van der Waals surface area (Å²) in [5.41, 5.74) is 0.237. The fourth-order valence-corrected chi connectivity index (χ4v) is 4.05. The third kappa shape index (κ3) is 4.48. The molecule has 0 saturated carbocycles. The molecular weight excluding hydrogens is 348 g/mol. The molecule has 1 amide bonds. The van der Waals surface area contributed by atoms with Crippen molar-refractivity contribution in [2.24, 2.45) is 0 Å². The number of nitrogens with zero attached hydrogens (tertiary/aromatic N) is 1. The Hall–Kier alpha value is -2.06. The zero-order valence-electron chi connectivity index (χ0n) is 13.6. The lowest BCUT2D eigenvalue weighted by atomic mass is 10.2. The topological polar surface area (TPSA) is 85.4 Å². The highest BCUT2D eigenvalue weighted by Crippen LogP contribution is 2.25. The van der Waals surface area contributed by atoms with Crippen LogP contribution in [0.3, 0.4) is 0 Å². The Balaban J connectivity index is 2.16. The van der Waals surface area contributed by atoms with Crippen LogP contribution in [0.25, 0.3) is 0 Å². The lowest BCUT2D eigenvalue weighted by molar-refractivity contribution is -0.134. The number of hydrogen-bond acceptors (Lipinski definition) is 6. The van der Waals surface area contributed by atoms with Crippen molar-refractivity contribution in [1.82, 2.24) is 4.98 Å². The number of benzene rings is 1. The quantitative estimate of drug-likeness (QED) is 0.627. The van der Waals surface area contributed by atoms with E-state index in [-0.39, 0.29) is 23.0 Å². The average molecular weight is 366 g/mol. The van der Waals surface area contributed by atoms with Gasteiger partial charge in [-0.2, -0.15) is 0 Å². The van der Waals surface area contributed by atoms with E-state index in [1.54, 1.807) is 31.2 Å². The van der Waals surface area contributed by atoms with Crippen LogP contribution in [0.2, 0.25) is 0 Å². The summed E-state index contributed by atoms with van der Waals surface area (Å²) < 4.78 is 17.8. The number of amides is 1. The van der Waals surface area contributed by atoms with E-state index in [4.69, 9.17) is 4.74 Å². The summed E-state index contributed by atoms with van der Waals surface area (Å²) in [5, 5.41) is 2.97. The van der Waals surface area contributed by atoms with E-state index in [0.717, 1.165) is 0 Å². The van der Waals surface area contributed by atoms with Crippen molar-refractivity contribution in [3.8, 4) is 5.75 Å². The number of aromatic nitrogens is 1. The molecule has 1 heterocycles. The largest absolute Gasteiger partial charge is 0.426 e. The summed E-state index contributed by atoms with van der Waals surface area (Å²) >= 11 is 1.17. The highest BCUT2D eigenvalue weighted by Gasteiger charge is 2.17. The first-order valence-electron chi connectivity index (χ1n) is 7.39. The predicted molar refractivity (Wildman–Crippen MR) is 94.0 cm³/mol. The molecule has 0 saturated heterocycles. The van der Waals surface area contributed by atoms with Gasteiger partial charge in [0, 0.05) is 11.7 Å². The molecule has 2 rings (SSSR count). The molecule has 0 radical (unpaired) electrons. The minimum Gasteiger partial charge on any atom is -0.426 e. The van der Waals surface area contributed by atoms with Gasteiger partial charge in [-0.3, -0.25) is 19.1 Å². The number of hydrogen-bond donors (Lipinski definition) is 1. The fraction of sp³-hybridized carbons (Fsp3) is 0.312. The van der Waals surface area contributed by atoms with Crippen molar-refractivity contribution < 1.29 is 18.5 Å². The third-order valence-corrected chi connectivity index (χ3v) is 5.78. The maximum absolute atomic E-state index is 12.4. The number of anilines is 1. The van der Waals surface area contributed by atoms with E-state index in [2.05, 4.69) is 10.3 Å². The number of thiazole rings is 1. The summed E-state index contributed by atoms with van der Waals surface area (Å²) in [6, 6.07) is 6.49. The average Bonchev–Trinajstić information content (AvgIpc) is 3.02. The van der Waals surface area contributed by atoms with Crippen LogP contribution in [-0.4, -0.2) is 26.3 Å². The highest BCUT2D eigenvalue weighted by molar-refractivity contribution is 7.88. The van der Waals surface area contributed by atoms with E-state index < -0.39 is 22.7 Å². The molecular formula is C16H18N2O4S2. The zero-order chi connectivity index (χ0) is 17.7. The molecule has 8 heteroatoms. The SMILES string of the molecule is CCC(=O)Oc1ccccc1C(=O)Nc1ncc(S(=O)C(C)C)s1. The molecule has 0 spiro atoms. The lowest BCUT2D eigenvalue weighted by Crippen LogP contribution is -2.15.